The van der Waals surface area contributed by atoms with Crippen molar-refractivity contribution in [3.8, 4) is 0 Å². The van der Waals surface area contributed by atoms with Gasteiger partial charge in [0.25, 0.3) is 0 Å². The van der Waals surface area contributed by atoms with Crippen LogP contribution in [0.25, 0.3) is 0 Å². The van der Waals surface area contributed by atoms with Crippen molar-refractivity contribution in [2.24, 2.45) is 0 Å². The van der Waals surface area contributed by atoms with Gasteiger partial charge in [0.15, 0.2) is 0 Å². The van der Waals surface area contributed by atoms with Crippen LogP contribution in [-0.2, 0) is 9.63 Å². The first-order valence-electron chi connectivity index (χ1n) is 7.58. The number of hydrogen-bond acceptors (Lipinski definition) is 4. The van der Waals surface area contributed by atoms with Gasteiger partial charge in [0.2, 0.25) is 5.69 Å². The molecule has 24 heavy (non-hydrogen) atoms. The van der Waals surface area contributed by atoms with E-state index in [2.05, 4.69) is 10.6 Å². The zero-order valence-corrected chi connectivity index (χ0v) is 12.9. The third kappa shape index (κ3) is 2.63. The van der Waals surface area contributed by atoms with Crippen LogP contribution in [0.5, 0.6) is 0 Å². The normalized spacial score (nSPS) is 24.4. The molecular formula is C15H17F3N3O3+. The number of piperidine rings is 1. The third-order valence-corrected chi connectivity index (χ3v) is 4.33. The van der Waals surface area contributed by atoms with Gasteiger partial charge in [-0.05, 0) is 23.2 Å². The fraction of sp³-hybridized carbons (Fsp3) is 0.467. The zero-order chi connectivity index (χ0) is 17.5. The van der Waals surface area contributed by atoms with Crippen molar-refractivity contribution in [3.63, 3.8) is 0 Å². The van der Waals surface area contributed by atoms with Crippen LogP contribution in [0, 0.1) is 6.92 Å². The lowest BCUT2D eigenvalue weighted by molar-refractivity contribution is -0.230. The molecule has 1 saturated heterocycles. The van der Waals surface area contributed by atoms with Gasteiger partial charge in [0.05, 0.1) is 0 Å². The molecule has 2 N–H and O–H groups in total. The van der Waals surface area contributed by atoms with Crippen LogP contribution in [-0.4, -0.2) is 37.3 Å². The molecule has 2 aliphatic heterocycles. The summed E-state index contributed by atoms with van der Waals surface area (Å²) in [6.45, 7) is 2.86. The number of benzene rings is 1. The SMILES string of the molecule is Cc1ccc2c(c1)NC(=O)[N+]2(OC(=O)C(F)(F)F)C1CCNCC1. The van der Waals surface area contributed by atoms with Crippen molar-refractivity contribution >= 4 is 23.4 Å². The number of carbonyl (C=O) groups is 2. The highest BCUT2D eigenvalue weighted by Gasteiger charge is 2.61. The summed E-state index contributed by atoms with van der Waals surface area (Å²) in [6.07, 6.45) is -4.36. The average molecular weight is 344 g/mol. The molecule has 2 amide bonds. The Hall–Kier alpha value is -2.13. The lowest BCUT2D eigenvalue weighted by Gasteiger charge is -2.36. The molecule has 1 fully saturated rings. The second kappa shape index (κ2) is 5.75. The summed E-state index contributed by atoms with van der Waals surface area (Å²) in [5.74, 6) is -2.37. The fourth-order valence-corrected chi connectivity index (χ4v) is 3.23. The number of amides is 2. The van der Waals surface area contributed by atoms with Crippen LogP contribution in [0.1, 0.15) is 18.4 Å². The van der Waals surface area contributed by atoms with E-state index in [4.69, 9.17) is 4.84 Å². The Morgan fingerprint density at radius 2 is 1.96 bits per heavy atom. The summed E-state index contributed by atoms with van der Waals surface area (Å²) in [7, 11) is 0. The Morgan fingerprint density at radius 3 is 2.58 bits per heavy atom. The van der Waals surface area contributed by atoms with E-state index in [1.807, 2.05) is 0 Å². The predicted molar refractivity (Wildman–Crippen MR) is 80.0 cm³/mol. The number of rotatable bonds is 2. The zero-order valence-electron chi connectivity index (χ0n) is 12.9. The number of quaternary nitrogens is 1. The Morgan fingerprint density at radius 1 is 1.29 bits per heavy atom. The summed E-state index contributed by atoms with van der Waals surface area (Å²) in [4.78, 5) is 29.0. The highest BCUT2D eigenvalue weighted by atomic mass is 19.4. The second-order valence-corrected chi connectivity index (χ2v) is 5.97. The quantitative estimate of drug-likeness (QED) is 0.810. The average Bonchev–Trinajstić information content (AvgIpc) is 2.79. The van der Waals surface area contributed by atoms with E-state index in [0.717, 1.165) is 5.56 Å². The van der Waals surface area contributed by atoms with Gasteiger partial charge in [-0.2, -0.15) is 13.2 Å². The minimum atomic E-state index is -5.17. The van der Waals surface area contributed by atoms with E-state index < -0.39 is 28.9 Å². The van der Waals surface area contributed by atoms with Gasteiger partial charge in [-0.25, -0.2) is 9.59 Å². The maximum atomic E-state index is 12.8. The fourth-order valence-electron chi connectivity index (χ4n) is 3.23. The molecule has 2 heterocycles. The molecule has 6 nitrogen and oxygen atoms in total. The lowest BCUT2D eigenvalue weighted by Crippen LogP contribution is -2.63. The van der Waals surface area contributed by atoms with Crippen molar-refractivity contribution in [2.75, 3.05) is 18.4 Å². The van der Waals surface area contributed by atoms with E-state index >= 15 is 0 Å². The van der Waals surface area contributed by atoms with E-state index in [1.165, 1.54) is 6.07 Å². The molecule has 0 aliphatic carbocycles. The van der Waals surface area contributed by atoms with Crippen molar-refractivity contribution in [3.05, 3.63) is 23.8 Å². The molecule has 1 atom stereocenters. The van der Waals surface area contributed by atoms with Crippen LogP contribution in [0.3, 0.4) is 0 Å². The number of hydrogen-bond donors (Lipinski definition) is 2. The smallest absolute Gasteiger partial charge is 0.316 e. The summed E-state index contributed by atoms with van der Waals surface area (Å²) in [5, 5.41) is 5.63. The number of nitrogens with zero attached hydrogens (tertiary/aromatic N) is 1. The number of nitrogens with one attached hydrogen (secondary N) is 2. The maximum Gasteiger partial charge on any atom is 0.497 e. The maximum absolute atomic E-state index is 12.8. The molecule has 0 spiro atoms. The van der Waals surface area contributed by atoms with E-state index in [1.54, 1.807) is 19.1 Å². The van der Waals surface area contributed by atoms with Crippen LogP contribution >= 0.6 is 0 Å². The third-order valence-electron chi connectivity index (χ3n) is 4.33. The van der Waals surface area contributed by atoms with E-state index in [0.29, 0.717) is 31.6 Å². The predicted octanol–water partition coefficient (Wildman–Crippen LogP) is 2.62. The first-order chi connectivity index (χ1) is 11.2. The van der Waals surface area contributed by atoms with Gasteiger partial charge in [-0.1, -0.05) is 6.07 Å². The number of fused-ring (bicyclic) bond motifs is 1. The monoisotopic (exact) mass is 344 g/mol. The number of alkyl halides is 3. The molecule has 9 heteroatoms. The molecule has 1 aromatic carbocycles. The van der Waals surface area contributed by atoms with Crippen molar-refractivity contribution in [1.82, 2.24) is 9.96 Å². The van der Waals surface area contributed by atoms with Crippen molar-refractivity contribution in [1.29, 1.82) is 0 Å². The number of anilines is 1. The number of urea groups is 1. The first kappa shape index (κ1) is 16.7. The number of aryl methyl sites for hydroxylation is 1. The first-order valence-corrected chi connectivity index (χ1v) is 7.58. The van der Waals surface area contributed by atoms with Gasteiger partial charge in [0, 0.05) is 32.0 Å². The van der Waals surface area contributed by atoms with E-state index in [-0.39, 0.29) is 5.69 Å². The Bertz CT molecular complexity index is 686. The summed E-state index contributed by atoms with van der Waals surface area (Å²) < 4.78 is 37.2. The van der Waals surface area contributed by atoms with Gasteiger partial charge in [-0.3, -0.25) is 10.2 Å². The minimum Gasteiger partial charge on any atom is -0.316 e. The number of halogens is 3. The second-order valence-electron chi connectivity index (χ2n) is 5.97. The minimum absolute atomic E-state index is 0.232. The summed E-state index contributed by atoms with van der Waals surface area (Å²) in [6, 6.07) is 3.50. The molecule has 0 saturated carbocycles. The van der Waals surface area contributed by atoms with Crippen LogP contribution in [0.2, 0.25) is 0 Å². The number of carbonyl (C=O) groups excluding carboxylic acids is 2. The van der Waals surface area contributed by atoms with Crippen LogP contribution in [0.4, 0.5) is 29.3 Å². The summed E-state index contributed by atoms with van der Waals surface area (Å²) >= 11 is 0. The topological polar surface area (TPSA) is 67.4 Å². The Labute approximate surface area is 136 Å². The van der Waals surface area contributed by atoms with Gasteiger partial charge >= 0.3 is 18.2 Å². The lowest BCUT2D eigenvalue weighted by atomic mass is 10.0. The standard InChI is InChI=1S/C15H16F3N3O3/c1-9-2-3-12-11(8-9)20-14(23)21(12,10-4-6-19-7-5-10)24-13(22)15(16,17)18/h2-3,8,10,19H,4-7H2,1H3/p+1. The van der Waals surface area contributed by atoms with Gasteiger partial charge in [0.1, 0.15) is 11.7 Å². The molecule has 2 aliphatic rings. The molecule has 130 valence electrons. The highest BCUT2D eigenvalue weighted by Crippen LogP contribution is 2.44. The van der Waals surface area contributed by atoms with Crippen molar-refractivity contribution in [2.45, 2.75) is 32.0 Å². The largest absolute Gasteiger partial charge is 0.497 e. The highest BCUT2D eigenvalue weighted by molar-refractivity contribution is 6.08. The molecule has 1 unspecified atom stereocenters. The van der Waals surface area contributed by atoms with E-state index in [9.17, 15) is 22.8 Å². The molecular weight excluding hydrogens is 327 g/mol. The molecule has 0 aromatic heterocycles. The Balaban J connectivity index is 2.09. The van der Waals surface area contributed by atoms with Gasteiger partial charge < -0.3 is 5.32 Å². The molecule has 0 radical (unpaired) electrons. The summed E-state index contributed by atoms with van der Waals surface area (Å²) in [5.41, 5.74) is 1.44. The van der Waals surface area contributed by atoms with Crippen LogP contribution < -0.4 is 15.3 Å². The molecule has 3 rings (SSSR count). The van der Waals surface area contributed by atoms with Crippen molar-refractivity contribution < 1.29 is 27.6 Å². The molecule has 0 bridgehead atoms. The Kier molecular flexibility index (Phi) is 4.00. The van der Waals surface area contributed by atoms with Gasteiger partial charge in [-0.15, -0.1) is 0 Å². The van der Waals surface area contributed by atoms with Crippen LogP contribution in [0.15, 0.2) is 18.2 Å². The number of hydroxylamine groups is 2. The molecule has 1 aromatic rings.